The number of rotatable bonds is 4. The number of ketones is 1. The van der Waals surface area contributed by atoms with E-state index in [4.69, 9.17) is 5.14 Å². The molecule has 29 heavy (non-hydrogen) atoms. The van der Waals surface area contributed by atoms with Gasteiger partial charge in [-0.3, -0.25) is 19.5 Å². The molecule has 1 unspecified atom stereocenters. The van der Waals surface area contributed by atoms with E-state index < -0.39 is 33.1 Å². The van der Waals surface area contributed by atoms with Gasteiger partial charge < -0.3 is 5.11 Å². The molecule has 1 aliphatic rings. The van der Waals surface area contributed by atoms with Crippen LogP contribution in [0.5, 0.6) is 0 Å². The molecule has 3 rings (SSSR count). The van der Waals surface area contributed by atoms with Crippen LogP contribution in [0.3, 0.4) is 0 Å². The Balaban J connectivity index is 2.17. The van der Waals surface area contributed by atoms with E-state index in [1.165, 1.54) is 35.4 Å². The Kier molecular flexibility index (Phi) is 5.06. The van der Waals surface area contributed by atoms with Gasteiger partial charge in [-0.25, -0.2) is 13.6 Å². The topological polar surface area (TPSA) is 131 Å². The average molecular weight is 415 g/mol. The number of aromatic nitrogens is 1. The van der Waals surface area contributed by atoms with E-state index in [1.54, 1.807) is 39.1 Å². The number of aliphatic hydroxyl groups is 1. The number of nitrogens with two attached hydrogens (primary N) is 1. The number of primary sulfonamides is 1. The number of anilines is 1. The number of benzene rings is 1. The van der Waals surface area contributed by atoms with Crippen LogP contribution in [0.4, 0.5) is 5.69 Å². The standard InChI is InChI=1S/C20H21N3O5S/c1-20(2,3)18(25)15-16(12-5-4-10-22-11-12)23(19(26)17(15)24)13-6-8-14(9-7-13)29(21,27)28/h4-11,16,24H,1-3H3,(H2,21,27,28). The number of pyridine rings is 1. The summed E-state index contributed by atoms with van der Waals surface area (Å²) in [5.41, 5.74) is -0.0177. The molecular weight excluding hydrogens is 394 g/mol. The monoisotopic (exact) mass is 415 g/mol. The molecule has 9 heteroatoms. The van der Waals surface area contributed by atoms with Crippen LogP contribution in [0.1, 0.15) is 32.4 Å². The third kappa shape index (κ3) is 3.79. The van der Waals surface area contributed by atoms with Crippen LogP contribution >= 0.6 is 0 Å². The minimum atomic E-state index is -3.90. The van der Waals surface area contributed by atoms with E-state index in [9.17, 15) is 23.1 Å². The van der Waals surface area contributed by atoms with Gasteiger partial charge in [-0.05, 0) is 35.9 Å². The summed E-state index contributed by atoms with van der Waals surface area (Å²) in [6.07, 6.45) is 3.07. The lowest BCUT2D eigenvalue weighted by molar-refractivity contribution is -0.123. The fraction of sp³-hybridized carbons (Fsp3) is 0.250. The van der Waals surface area contributed by atoms with Crippen LogP contribution in [0.15, 0.2) is 65.0 Å². The summed E-state index contributed by atoms with van der Waals surface area (Å²) < 4.78 is 23.0. The van der Waals surface area contributed by atoms with Gasteiger partial charge in [0.25, 0.3) is 5.91 Å². The Labute approximate surface area is 168 Å². The molecule has 3 N–H and O–H groups in total. The Morgan fingerprint density at radius 2 is 1.79 bits per heavy atom. The molecule has 1 aliphatic heterocycles. The highest BCUT2D eigenvalue weighted by Crippen LogP contribution is 2.43. The zero-order chi connectivity index (χ0) is 21.6. The highest BCUT2D eigenvalue weighted by molar-refractivity contribution is 7.89. The van der Waals surface area contributed by atoms with E-state index in [-0.39, 0.29) is 16.3 Å². The normalized spacial score (nSPS) is 17.7. The van der Waals surface area contributed by atoms with Crippen molar-refractivity contribution >= 4 is 27.4 Å². The van der Waals surface area contributed by atoms with Crippen molar-refractivity contribution < 1.29 is 23.1 Å². The van der Waals surface area contributed by atoms with Crippen molar-refractivity contribution in [3.63, 3.8) is 0 Å². The molecule has 1 atom stereocenters. The van der Waals surface area contributed by atoms with Crippen molar-refractivity contribution in [2.24, 2.45) is 10.6 Å². The molecule has 8 nitrogen and oxygen atoms in total. The predicted octanol–water partition coefficient (Wildman–Crippen LogP) is 2.24. The molecule has 0 aliphatic carbocycles. The van der Waals surface area contributed by atoms with Crippen LogP contribution < -0.4 is 10.0 Å². The Bertz CT molecular complexity index is 1100. The molecule has 1 aromatic carbocycles. The number of aliphatic hydroxyl groups excluding tert-OH is 1. The van der Waals surface area contributed by atoms with Gasteiger partial charge >= 0.3 is 0 Å². The lowest BCUT2D eigenvalue weighted by Crippen LogP contribution is -2.33. The molecule has 0 saturated heterocycles. The first-order valence-electron chi connectivity index (χ1n) is 8.77. The smallest absolute Gasteiger partial charge is 0.294 e. The number of hydrogen-bond donors (Lipinski definition) is 2. The molecule has 0 radical (unpaired) electrons. The maximum atomic E-state index is 13.1. The minimum Gasteiger partial charge on any atom is -0.503 e. The fourth-order valence-corrected chi connectivity index (χ4v) is 3.67. The Morgan fingerprint density at radius 3 is 2.28 bits per heavy atom. The van der Waals surface area contributed by atoms with E-state index >= 15 is 0 Å². The minimum absolute atomic E-state index is 0.0222. The number of Topliss-reactive ketones (excluding diaryl/α,β-unsaturated/α-hetero) is 1. The predicted molar refractivity (Wildman–Crippen MR) is 106 cm³/mol. The molecule has 0 spiro atoms. The van der Waals surface area contributed by atoms with Gasteiger partial charge in [0.15, 0.2) is 11.5 Å². The van der Waals surface area contributed by atoms with Gasteiger partial charge in [0.2, 0.25) is 10.0 Å². The molecular formula is C20H21N3O5S. The fourth-order valence-electron chi connectivity index (χ4n) is 3.16. The Hall–Kier alpha value is -3.04. The summed E-state index contributed by atoms with van der Waals surface area (Å²) in [6.45, 7) is 5.10. The third-order valence-electron chi connectivity index (χ3n) is 4.58. The first kappa shape index (κ1) is 20.7. The zero-order valence-electron chi connectivity index (χ0n) is 16.2. The van der Waals surface area contributed by atoms with Gasteiger partial charge in [-0.1, -0.05) is 26.8 Å². The first-order valence-corrected chi connectivity index (χ1v) is 10.3. The van der Waals surface area contributed by atoms with Crippen LogP contribution in [-0.4, -0.2) is 30.2 Å². The summed E-state index contributed by atoms with van der Waals surface area (Å²) in [5, 5.41) is 15.7. The third-order valence-corrected chi connectivity index (χ3v) is 5.51. The first-order chi connectivity index (χ1) is 13.4. The van der Waals surface area contributed by atoms with E-state index in [0.29, 0.717) is 11.3 Å². The number of carbonyl (C=O) groups excluding carboxylic acids is 2. The molecule has 0 bridgehead atoms. The number of hydrogen-bond acceptors (Lipinski definition) is 6. The highest BCUT2D eigenvalue weighted by atomic mass is 32.2. The SMILES string of the molecule is CC(C)(C)C(=O)C1=C(O)C(=O)N(c2ccc(S(N)(=O)=O)cc2)C1c1cccnc1. The van der Waals surface area contributed by atoms with Gasteiger partial charge in [-0.15, -0.1) is 0 Å². The lowest BCUT2D eigenvalue weighted by Gasteiger charge is -2.28. The lowest BCUT2D eigenvalue weighted by atomic mass is 9.82. The second-order valence-corrected chi connectivity index (χ2v) is 9.31. The largest absolute Gasteiger partial charge is 0.503 e. The van der Waals surface area contributed by atoms with E-state index in [2.05, 4.69) is 4.98 Å². The maximum Gasteiger partial charge on any atom is 0.294 e. The van der Waals surface area contributed by atoms with Crippen molar-refractivity contribution in [2.45, 2.75) is 31.7 Å². The summed E-state index contributed by atoms with van der Waals surface area (Å²) >= 11 is 0. The van der Waals surface area contributed by atoms with Crippen LogP contribution in [0.2, 0.25) is 0 Å². The van der Waals surface area contributed by atoms with Crippen molar-refractivity contribution in [3.05, 3.63) is 65.7 Å². The van der Waals surface area contributed by atoms with Gasteiger partial charge in [0, 0.05) is 23.5 Å². The maximum absolute atomic E-state index is 13.1. The van der Waals surface area contributed by atoms with Crippen LogP contribution in [0, 0.1) is 5.41 Å². The van der Waals surface area contributed by atoms with E-state index in [0.717, 1.165) is 0 Å². The summed E-state index contributed by atoms with van der Waals surface area (Å²) in [7, 11) is -3.90. The van der Waals surface area contributed by atoms with Gasteiger partial charge in [0.1, 0.15) is 0 Å². The van der Waals surface area contributed by atoms with Gasteiger partial charge in [-0.2, -0.15) is 0 Å². The van der Waals surface area contributed by atoms with E-state index in [1.807, 2.05) is 0 Å². The summed E-state index contributed by atoms with van der Waals surface area (Å²) in [4.78, 5) is 31.2. The van der Waals surface area contributed by atoms with Crippen molar-refractivity contribution in [1.82, 2.24) is 4.98 Å². The molecule has 1 aromatic heterocycles. The number of carbonyl (C=O) groups is 2. The second kappa shape index (κ2) is 7.09. The number of nitrogens with zero attached hydrogens (tertiary/aromatic N) is 2. The van der Waals surface area contributed by atoms with Crippen LogP contribution in [0.25, 0.3) is 0 Å². The molecule has 2 aromatic rings. The number of sulfonamides is 1. The molecule has 0 fully saturated rings. The average Bonchev–Trinajstić information content (AvgIpc) is 2.91. The van der Waals surface area contributed by atoms with Crippen molar-refractivity contribution in [1.29, 1.82) is 0 Å². The molecule has 1 amide bonds. The quantitative estimate of drug-likeness (QED) is 0.787. The van der Waals surface area contributed by atoms with Crippen LogP contribution in [-0.2, 0) is 19.6 Å². The Morgan fingerprint density at radius 1 is 1.17 bits per heavy atom. The second-order valence-electron chi connectivity index (χ2n) is 7.74. The molecule has 152 valence electrons. The summed E-state index contributed by atoms with van der Waals surface area (Å²) in [5.74, 6) is -1.76. The molecule has 0 saturated carbocycles. The van der Waals surface area contributed by atoms with Crippen molar-refractivity contribution in [3.8, 4) is 0 Å². The zero-order valence-corrected chi connectivity index (χ0v) is 17.0. The summed E-state index contributed by atoms with van der Waals surface area (Å²) in [6, 6.07) is 7.79. The molecule has 2 heterocycles. The highest BCUT2D eigenvalue weighted by Gasteiger charge is 2.46. The number of amides is 1. The van der Waals surface area contributed by atoms with Crippen molar-refractivity contribution in [2.75, 3.05) is 4.90 Å². The van der Waals surface area contributed by atoms with Gasteiger partial charge in [0.05, 0.1) is 16.5 Å².